The highest BCUT2D eigenvalue weighted by atomic mass is 79.9. The maximum atomic E-state index is 11.5. The molecule has 1 amide bonds. The highest BCUT2D eigenvalue weighted by Gasteiger charge is 2.19. The van der Waals surface area contributed by atoms with Crippen molar-refractivity contribution in [3.05, 3.63) is 35.6 Å². The van der Waals surface area contributed by atoms with E-state index < -0.39 is 6.09 Å². The molecule has 0 radical (unpaired) electrons. The van der Waals surface area contributed by atoms with Crippen molar-refractivity contribution >= 4 is 22.0 Å². The molecule has 0 aromatic carbocycles. The summed E-state index contributed by atoms with van der Waals surface area (Å²) in [6.45, 7) is 0. The normalized spacial score (nSPS) is 14.9. The fraction of sp³-hybridized carbons (Fsp3) is 0.364. The van der Waals surface area contributed by atoms with Crippen molar-refractivity contribution in [1.82, 2.24) is 5.06 Å². The van der Waals surface area contributed by atoms with Gasteiger partial charge in [-0.3, -0.25) is 4.84 Å². The molecule has 0 aromatic rings. The lowest BCUT2D eigenvalue weighted by Gasteiger charge is -2.20. The average molecular weight is 288 g/mol. The summed E-state index contributed by atoms with van der Waals surface area (Å²) in [5.41, 5.74) is 1.64. The van der Waals surface area contributed by atoms with E-state index in [0.29, 0.717) is 11.0 Å². The van der Waals surface area contributed by atoms with Crippen molar-refractivity contribution in [3.63, 3.8) is 0 Å². The molecule has 4 nitrogen and oxygen atoms in total. The van der Waals surface area contributed by atoms with Crippen LogP contribution < -0.4 is 0 Å². The Morgan fingerprint density at radius 1 is 1.44 bits per heavy atom. The van der Waals surface area contributed by atoms with Gasteiger partial charge in [0.05, 0.1) is 19.9 Å². The lowest BCUT2D eigenvalue weighted by atomic mass is 10.2. The van der Waals surface area contributed by atoms with E-state index in [1.807, 2.05) is 24.3 Å². The maximum absolute atomic E-state index is 11.5. The third kappa shape index (κ3) is 2.96. The topological polar surface area (TPSA) is 38.8 Å². The standard InChI is InChI=1S/C11H14BrNO3/c1-15-11(14)13(16-2)10-7-5-3-4-6-9(10)8-12/h4-7H,3,8H2,1-2H3. The Labute approximate surface area is 103 Å². The predicted octanol–water partition coefficient (Wildman–Crippen LogP) is 2.78. The average Bonchev–Trinajstić information content (AvgIpc) is 2.55. The van der Waals surface area contributed by atoms with E-state index in [1.54, 1.807) is 0 Å². The van der Waals surface area contributed by atoms with Crippen LogP contribution in [0.3, 0.4) is 0 Å². The number of hydrogen-bond acceptors (Lipinski definition) is 3. The van der Waals surface area contributed by atoms with Gasteiger partial charge in [0.2, 0.25) is 0 Å². The van der Waals surface area contributed by atoms with Gasteiger partial charge in [0.1, 0.15) is 0 Å². The third-order valence-electron chi connectivity index (χ3n) is 2.08. The molecule has 0 saturated carbocycles. The summed E-state index contributed by atoms with van der Waals surface area (Å²) >= 11 is 3.38. The minimum absolute atomic E-state index is 0.545. The third-order valence-corrected chi connectivity index (χ3v) is 2.69. The summed E-state index contributed by atoms with van der Waals surface area (Å²) in [6, 6.07) is 0. The van der Waals surface area contributed by atoms with Crippen LogP contribution in [0.15, 0.2) is 35.6 Å². The van der Waals surface area contributed by atoms with Gasteiger partial charge in [0.15, 0.2) is 0 Å². The molecule has 1 aliphatic carbocycles. The number of alkyl halides is 1. The number of hydroxylamine groups is 2. The van der Waals surface area contributed by atoms with Gasteiger partial charge in [-0.2, -0.15) is 5.06 Å². The summed E-state index contributed by atoms with van der Waals surface area (Å²) in [7, 11) is 2.75. The molecule has 1 rings (SSSR count). The van der Waals surface area contributed by atoms with E-state index in [-0.39, 0.29) is 0 Å². The Bertz CT molecular complexity index is 347. The van der Waals surface area contributed by atoms with Crippen LogP contribution in [0, 0.1) is 0 Å². The minimum Gasteiger partial charge on any atom is -0.451 e. The molecule has 16 heavy (non-hydrogen) atoms. The van der Waals surface area contributed by atoms with Gasteiger partial charge in [-0.25, -0.2) is 4.79 Å². The van der Waals surface area contributed by atoms with Crippen molar-refractivity contribution in [3.8, 4) is 0 Å². The molecule has 0 saturated heterocycles. The SMILES string of the molecule is COC(=O)N(OC)C1=C(CBr)C=CCC=C1. The van der Waals surface area contributed by atoms with Gasteiger partial charge in [0.25, 0.3) is 0 Å². The second-order valence-corrected chi connectivity index (χ2v) is 3.59. The van der Waals surface area contributed by atoms with Crippen LogP contribution in [0.4, 0.5) is 4.79 Å². The number of hydrogen-bond donors (Lipinski definition) is 0. The fourth-order valence-corrected chi connectivity index (χ4v) is 1.80. The summed E-state index contributed by atoms with van der Waals surface area (Å²) in [4.78, 5) is 16.5. The maximum Gasteiger partial charge on any atom is 0.438 e. The summed E-state index contributed by atoms with van der Waals surface area (Å²) < 4.78 is 4.64. The van der Waals surface area contributed by atoms with Crippen LogP contribution >= 0.6 is 15.9 Å². The Balaban J connectivity index is 3.08. The van der Waals surface area contributed by atoms with Crippen LogP contribution in [0.2, 0.25) is 0 Å². The molecule has 88 valence electrons. The van der Waals surface area contributed by atoms with Crippen LogP contribution in [0.1, 0.15) is 6.42 Å². The lowest BCUT2D eigenvalue weighted by molar-refractivity contribution is -0.0764. The summed E-state index contributed by atoms with van der Waals surface area (Å²) in [5.74, 6) is 0. The second-order valence-electron chi connectivity index (χ2n) is 3.03. The van der Waals surface area contributed by atoms with Crippen molar-refractivity contribution in [2.75, 3.05) is 19.5 Å². The monoisotopic (exact) mass is 287 g/mol. The number of carbonyl (C=O) groups excluding carboxylic acids is 1. The quantitative estimate of drug-likeness (QED) is 0.592. The van der Waals surface area contributed by atoms with Crippen LogP contribution in [0.25, 0.3) is 0 Å². The van der Waals surface area contributed by atoms with Crippen LogP contribution in [0.5, 0.6) is 0 Å². The number of halogens is 1. The number of rotatable bonds is 3. The highest BCUT2D eigenvalue weighted by Crippen LogP contribution is 2.19. The van der Waals surface area contributed by atoms with E-state index in [2.05, 4.69) is 20.7 Å². The van der Waals surface area contributed by atoms with Gasteiger partial charge in [-0.1, -0.05) is 34.2 Å². The van der Waals surface area contributed by atoms with Crippen molar-refractivity contribution < 1.29 is 14.4 Å². The molecular formula is C11H14BrNO3. The predicted molar refractivity (Wildman–Crippen MR) is 65.0 cm³/mol. The van der Waals surface area contributed by atoms with Crippen LogP contribution in [-0.2, 0) is 9.57 Å². The summed E-state index contributed by atoms with van der Waals surface area (Å²) in [5, 5.41) is 1.77. The number of allylic oxidation sites excluding steroid dienone is 5. The van der Waals surface area contributed by atoms with Gasteiger partial charge >= 0.3 is 6.09 Å². The van der Waals surface area contributed by atoms with Gasteiger partial charge in [-0.05, 0) is 18.1 Å². The smallest absolute Gasteiger partial charge is 0.438 e. The van der Waals surface area contributed by atoms with E-state index >= 15 is 0 Å². The molecule has 0 heterocycles. The number of methoxy groups -OCH3 is 1. The van der Waals surface area contributed by atoms with Gasteiger partial charge < -0.3 is 4.74 Å². The molecule has 0 unspecified atom stereocenters. The Morgan fingerprint density at radius 3 is 2.69 bits per heavy atom. The van der Waals surface area contributed by atoms with Gasteiger partial charge in [0, 0.05) is 5.33 Å². The molecule has 1 aliphatic rings. The Hall–Kier alpha value is -1.07. The zero-order valence-corrected chi connectivity index (χ0v) is 10.9. The minimum atomic E-state index is -0.545. The molecular weight excluding hydrogens is 274 g/mol. The second kappa shape index (κ2) is 6.50. The van der Waals surface area contributed by atoms with E-state index in [1.165, 1.54) is 14.2 Å². The number of ether oxygens (including phenoxy) is 1. The highest BCUT2D eigenvalue weighted by molar-refractivity contribution is 9.09. The first kappa shape index (κ1) is 13.0. The molecule has 0 spiro atoms. The number of amides is 1. The lowest BCUT2D eigenvalue weighted by Crippen LogP contribution is -2.29. The molecule has 0 aromatic heterocycles. The molecule has 0 fully saturated rings. The first-order valence-corrected chi connectivity index (χ1v) is 5.91. The summed E-state index contributed by atoms with van der Waals surface area (Å²) in [6.07, 6.45) is 8.06. The number of nitrogens with zero attached hydrogens (tertiary/aromatic N) is 1. The Kier molecular flexibility index (Phi) is 5.28. The molecule has 0 bridgehead atoms. The van der Waals surface area contributed by atoms with Crippen molar-refractivity contribution in [1.29, 1.82) is 0 Å². The molecule has 0 atom stereocenters. The van der Waals surface area contributed by atoms with Crippen molar-refractivity contribution in [2.45, 2.75) is 6.42 Å². The van der Waals surface area contributed by atoms with Gasteiger partial charge in [-0.15, -0.1) is 0 Å². The first-order chi connectivity index (χ1) is 7.74. The van der Waals surface area contributed by atoms with Crippen LogP contribution in [-0.4, -0.2) is 30.7 Å². The number of carbonyl (C=O) groups is 1. The van der Waals surface area contributed by atoms with Crippen molar-refractivity contribution in [2.24, 2.45) is 0 Å². The zero-order chi connectivity index (χ0) is 12.0. The molecule has 5 heteroatoms. The van der Waals surface area contributed by atoms with E-state index in [0.717, 1.165) is 17.1 Å². The molecule has 0 aliphatic heterocycles. The Morgan fingerprint density at radius 2 is 2.12 bits per heavy atom. The molecule has 0 N–H and O–H groups in total. The fourth-order valence-electron chi connectivity index (χ4n) is 1.33. The largest absolute Gasteiger partial charge is 0.451 e. The van der Waals surface area contributed by atoms with E-state index in [9.17, 15) is 4.79 Å². The van der Waals surface area contributed by atoms with E-state index in [4.69, 9.17) is 4.84 Å². The first-order valence-electron chi connectivity index (χ1n) is 4.79. The zero-order valence-electron chi connectivity index (χ0n) is 9.27.